The van der Waals surface area contributed by atoms with Crippen LogP contribution in [0.25, 0.3) is 0 Å². The van der Waals surface area contributed by atoms with Crippen LogP contribution in [-0.2, 0) is 0 Å². The molecule has 4 aromatic carbocycles. The Morgan fingerprint density at radius 1 is 0.536 bits per heavy atom. The van der Waals surface area contributed by atoms with Gasteiger partial charge in [-0.15, -0.1) is 0 Å². The first-order valence-electron chi connectivity index (χ1n) is 9.58. The zero-order chi connectivity index (χ0) is 19.3. The number of benzene rings is 4. The van der Waals surface area contributed by atoms with Gasteiger partial charge in [-0.3, -0.25) is 0 Å². The highest BCUT2D eigenvalue weighted by Gasteiger charge is 2.13. The van der Waals surface area contributed by atoms with Crippen molar-refractivity contribution in [2.75, 3.05) is 10.6 Å². The molecule has 0 bridgehead atoms. The van der Waals surface area contributed by atoms with Gasteiger partial charge in [-0.25, -0.2) is 0 Å². The van der Waals surface area contributed by atoms with Gasteiger partial charge in [0.25, 0.3) is 0 Å². The molecule has 0 aromatic heterocycles. The molecule has 1 unspecified atom stereocenters. The molecule has 0 radical (unpaired) electrons. The topological polar surface area (TPSA) is 29.3 Å². The third-order valence-electron chi connectivity index (χ3n) is 5.12. The number of nitrogen functional groups attached to an aromatic ring is 1. The predicted octanol–water partition coefficient (Wildman–Crippen LogP) is 6.89. The maximum Gasteiger partial charge on any atom is 0.0463 e. The van der Waals surface area contributed by atoms with Gasteiger partial charge >= 0.3 is 0 Å². The Hall–Kier alpha value is -3.52. The lowest BCUT2D eigenvalue weighted by Crippen LogP contribution is -2.10. The quantitative estimate of drug-likeness (QED) is 0.391. The molecule has 4 aromatic rings. The molecule has 4 rings (SSSR count). The molecule has 138 valence electrons. The molecule has 2 nitrogen and oxygen atoms in total. The van der Waals surface area contributed by atoms with E-state index in [1.807, 2.05) is 18.2 Å². The molecule has 2 N–H and O–H groups in total. The second kappa shape index (κ2) is 8.01. The minimum Gasteiger partial charge on any atom is -0.399 e. The summed E-state index contributed by atoms with van der Waals surface area (Å²) in [7, 11) is 0. The van der Waals surface area contributed by atoms with Crippen LogP contribution >= 0.6 is 0 Å². The number of anilines is 4. The highest BCUT2D eigenvalue weighted by Crippen LogP contribution is 2.35. The summed E-state index contributed by atoms with van der Waals surface area (Å²) >= 11 is 0. The third kappa shape index (κ3) is 3.77. The van der Waals surface area contributed by atoms with Crippen molar-refractivity contribution in [3.63, 3.8) is 0 Å². The Morgan fingerprint density at radius 2 is 0.964 bits per heavy atom. The highest BCUT2D eigenvalue weighted by atomic mass is 15.1. The third-order valence-corrected chi connectivity index (χ3v) is 5.12. The van der Waals surface area contributed by atoms with E-state index in [1.54, 1.807) is 0 Å². The van der Waals surface area contributed by atoms with Gasteiger partial charge < -0.3 is 10.6 Å². The van der Waals surface area contributed by atoms with Crippen molar-refractivity contribution in [1.29, 1.82) is 0 Å². The number of nitrogens with two attached hydrogens (primary N) is 1. The normalized spacial score (nSPS) is 11.8. The molecule has 0 amide bonds. The zero-order valence-corrected chi connectivity index (χ0v) is 16.0. The van der Waals surface area contributed by atoms with E-state index in [0.717, 1.165) is 22.7 Å². The Balaban J connectivity index is 1.70. The lowest BCUT2D eigenvalue weighted by molar-refractivity contribution is 0.922. The van der Waals surface area contributed by atoms with Crippen LogP contribution in [0.5, 0.6) is 0 Å². The van der Waals surface area contributed by atoms with Crippen LogP contribution in [0.4, 0.5) is 22.7 Å². The molecule has 0 fully saturated rings. The van der Waals surface area contributed by atoms with Gasteiger partial charge in [0.05, 0.1) is 0 Å². The number of para-hydroxylation sites is 1. The molecule has 2 heteroatoms. The maximum atomic E-state index is 5.89. The fraction of sp³-hybridized carbons (Fsp3) is 0.0769. The smallest absolute Gasteiger partial charge is 0.0463 e. The standard InChI is InChI=1S/C26H24N2/c1-20(21-8-4-2-5-9-21)22-12-16-25(17-13-22)28(24-10-6-3-7-11-24)26-18-14-23(27)15-19-26/h2-20H,27H2,1H3. The van der Waals surface area contributed by atoms with Crippen LogP contribution in [0.15, 0.2) is 109 Å². The Labute approximate surface area is 166 Å². The molecule has 0 saturated heterocycles. The van der Waals surface area contributed by atoms with Crippen molar-refractivity contribution in [3.8, 4) is 0 Å². The van der Waals surface area contributed by atoms with Crippen molar-refractivity contribution >= 4 is 22.7 Å². The first-order chi connectivity index (χ1) is 13.7. The fourth-order valence-electron chi connectivity index (χ4n) is 3.49. The molecule has 0 saturated carbocycles. The largest absolute Gasteiger partial charge is 0.399 e. The van der Waals surface area contributed by atoms with E-state index in [2.05, 4.69) is 103 Å². The summed E-state index contributed by atoms with van der Waals surface area (Å²) in [6.07, 6.45) is 0. The molecule has 0 aliphatic rings. The molecular weight excluding hydrogens is 340 g/mol. The summed E-state index contributed by atoms with van der Waals surface area (Å²) in [6, 6.07) is 37.9. The summed E-state index contributed by atoms with van der Waals surface area (Å²) in [5, 5.41) is 0. The first-order valence-corrected chi connectivity index (χ1v) is 9.58. The molecule has 28 heavy (non-hydrogen) atoms. The highest BCUT2D eigenvalue weighted by molar-refractivity contribution is 5.77. The van der Waals surface area contributed by atoms with Gasteiger partial charge in [-0.2, -0.15) is 0 Å². The predicted molar refractivity (Wildman–Crippen MR) is 119 cm³/mol. The molecule has 0 heterocycles. The van der Waals surface area contributed by atoms with E-state index in [-0.39, 0.29) is 0 Å². The van der Waals surface area contributed by atoms with E-state index in [9.17, 15) is 0 Å². The Bertz CT molecular complexity index is 1010. The van der Waals surface area contributed by atoms with E-state index in [4.69, 9.17) is 5.73 Å². The minimum absolute atomic E-state index is 0.358. The second-order valence-electron chi connectivity index (χ2n) is 6.99. The number of nitrogens with zero attached hydrogens (tertiary/aromatic N) is 1. The van der Waals surface area contributed by atoms with Crippen molar-refractivity contribution in [1.82, 2.24) is 0 Å². The minimum atomic E-state index is 0.358. The van der Waals surface area contributed by atoms with E-state index < -0.39 is 0 Å². The van der Waals surface area contributed by atoms with Crippen LogP contribution < -0.4 is 10.6 Å². The van der Waals surface area contributed by atoms with E-state index in [0.29, 0.717) is 5.92 Å². The lowest BCUT2D eigenvalue weighted by atomic mass is 9.93. The fourth-order valence-corrected chi connectivity index (χ4v) is 3.49. The van der Waals surface area contributed by atoms with Gasteiger partial charge in [0.1, 0.15) is 0 Å². The van der Waals surface area contributed by atoms with Gasteiger partial charge in [0.15, 0.2) is 0 Å². The number of rotatable bonds is 5. The van der Waals surface area contributed by atoms with Crippen LogP contribution in [0.1, 0.15) is 24.0 Å². The Kier molecular flexibility index (Phi) is 5.11. The number of hydrogen-bond donors (Lipinski definition) is 1. The zero-order valence-electron chi connectivity index (χ0n) is 16.0. The lowest BCUT2D eigenvalue weighted by Gasteiger charge is -2.26. The maximum absolute atomic E-state index is 5.89. The Morgan fingerprint density at radius 3 is 1.54 bits per heavy atom. The SMILES string of the molecule is CC(c1ccccc1)c1ccc(N(c2ccccc2)c2ccc(N)cc2)cc1. The molecule has 0 aliphatic carbocycles. The number of hydrogen-bond acceptors (Lipinski definition) is 2. The second-order valence-corrected chi connectivity index (χ2v) is 6.99. The van der Waals surface area contributed by atoms with Crippen LogP contribution in [-0.4, -0.2) is 0 Å². The van der Waals surface area contributed by atoms with Crippen molar-refractivity contribution in [2.24, 2.45) is 0 Å². The van der Waals surface area contributed by atoms with Crippen LogP contribution in [0, 0.1) is 0 Å². The summed E-state index contributed by atoms with van der Waals surface area (Å²) in [4.78, 5) is 2.25. The van der Waals surface area contributed by atoms with Crippen molar-refractivity contribution in [3.05, 3.63) is 120 Å². The van der Waals surface area contributed by atoms with E-state index in [1.165, 1.54) is 11.1 Å². The summed E-state index contributed by atoms with van der Waals surface area (Å²) < 4.78 is 0. The van der Waals surface area contributed by atoms with Crippen LogP contribution in [0.3, 0.4) is 0 Å². The molecular formula is C26H24N2. The van der Waals surface area contributed by atoms with E-state index >= 15 is 0 Å². The summed E-state index contributed by atoms with van der Waals surface area (Å²) in [6.45, 7) is 2.25. The van der Waals surface area contributed by atoms with Gasteiger partial charge in [0.2, 0.25) is 0 Å². The summed E-state index contributed by atoms with van der Waals surface area (Å²) in [5.74, 6) is 0.358. The average Bonchev–Trinajstić information content (AvgIpc) is 2.77. The van der Waals surface area contributed by atoms with Crippen LogP contribution in [0.2, 0.25) is 0 Å². The van der Waals surface area contributed by atoms with Crippen molar-refractivity contribution in [2.45, 2.75) is 12.8 Å². The molecule has 0 spiro atoms. The monoisotopic (exact) mass is 364 g/mol. The summed E-state index contributed by atoms with van der Waals surface area (Å²) in [5.41, 5.74) is 12.6. The molecule has 1 atom stereocenters. The average molecular weight is 364 g/mol. The molecule has 0 aliphatic heterocycles. The van der Waals surface area contributed by atoms with Gasteiger partial charge in [-0.1, -0.05) is 67.6 Å². The van der Waals surface area contributed by atoms with Crippen molar-refractivity contribution < 1.29 is 0 Å². The van der Waals surface area contributed by atoms with Gasteiger partial charge in [0, 0.05) is 28.7 Å². The first kappa shape index (κ1) is 17.9. The van der Waals surface area contributed by atoms with Gasteiger partial charge in [-0.05, 0) is 59.7 Å².